The third-order valence-corrected chi connectivity index (χ3v) is 8.59. The van der Waals surface area contributed by atoms with Gasteiger partial charge in [-0.2, -0.15) is 0 Å². The van der Waals surface area contributed by atoms with Crippen molar-refractivity contribution in [1.82, 2.24) is 9.55 Å². The van der Waals surface area contributed by atoms with E-state index in [1.807, 2.05) is 6.07 Å². The minimum Gasteiger partial charge on any atom is -0.456 e. The first-order valence-corrected chi connectivity index (χ1v) is 15.6. The second kappa shape index (κ2) is 13.3. The summed E-state index contributed by atoms with van der Waals surface area (Å²) in [7, 11) is 0. The SMILES string of the molecule is Cc1cc(C(=O)OC(C)(C)C)c(-n2c(C3CCCCC3)nc(C(OC=O)c3ccccc3)c2-c2ccc(F)c(Cl)c2)c(F)c1Cl. The van der Waals surface area contributed by atoms with Crippen LogP contribution in [0.25, 0.3) is 16.9 Å². The van der Waals surface area contributed by atoms with Gasteiger partial charge in [0.15, 0.2) is 11.9 Å². The molecule has 0 spiro atoms. The summed E-state index contributed by atoms with van der Waals surface area (Å²) in [6, 6.07) is 14.6. The van der Waals surface area contributed by atoms with Gasteiger partial charge in [0.2, 0.25) is 0 Å². The molecule has 6 nitrogen and oxygen atoms in total. The van der Waals surface area contributed by atoms with Crippen LogP contribution in [0.5, 0.6) is 0 Å². The highest BCUT2D eigenvalue weighted by Crippen LogP contribution is 2.44. The van der Waals surface area contributed by atoms with Crippen LogP contribution < -0.4 is 0 Å². The summed E-state index contributed by atoms with van der Waals surface area (Å²) in [4.78, 5) is 30.8. The fourth-order valence-electron chi connectivity index (χ4n) is 5.85. The predicted octanol–water partition coefficient (Wildman–Crippen LogP) is 9.70. The van der Waals surface area contributed by atoms with Gasteiger partial charge in [-0.05, 0) is 75.9 Å². The Hall–Kier alpha value is -3.75. The maximum absolute atomic E-state index is 16.7. The van der Waals surface area contributed by atoms with Crippen molar-refractivity contribution in [3.63, 3.8) is 0 Å². The Morgan fingerprint density at radius 1 is 1.04 bits per heavy atom. The lowest BCUT2D eigenvalue weighted by Crippen LogP contribution is -2.26. The Balaban J connectivity index is 1.94. The first kappa shape index (κ1) is 32.6. The van der Waals surface area contributed by atoms with Crippen molar-refractivity contribution in [2.75, 3.05) is 0 Å². The van der Waals surface area contributed by atoms with Crippen LogP contribution in [0.2, 0.25) is 10.0 Å². The number of ether oxygens (including phenoxy) is 2. The van der Waals surface area contributed by atoms with Gasteiger partial charge in [-0.25, -0.2) is 18.6 Å². The molecule has 1 unspecified atom stereocenters. The van der Waals surface area contributed by atoms with Crippen LogP contribution in [0.3, 0.4) is 0 Å². The number of aromatic nitrogens is 2. The molecule has 0 radical (unpaired) electrons. The van der Waals surface area contributed by atoms with E-state index in [2.05, 4.69) is 0 Å². The Morgan fingerprint density at radius 2 is 1.73 bits per heavy atom. The molecule has 0 saturated heterocycles. The van der Waals surface area contributed by atoms with Crippen molar-refractivity contribution in [1.29, 1.82) is 0 Å². The second-order valence-corrected chi connectivity index (χ2v) is 13.0. The molecule has 0 N–H and O–H groups in total. The lowest BCUT2D eigenvalue weighted by atomic mass is 9.88. The number of esters is 1. The summed E-state index contributed by atoms with van der Waals surface area (Å²) in [5.41, 5.74) is 0.755. The average molecular weight is 656 g/mol. The van der Waals surface area contributed by atoms with E-state index >= 15 is 4.39 Å². The van der Waals surface area contributed by atoms with Gasteiger partial charge in [0.25, 0.3) is 6.47 Å². The third-order valence-electron chi connectivity index (χ3n) is 7.84. The Morgan fingerprint density at radius 3 is 2.36 bits per heavy atom. The highest BCUT2D eigenvalue weighted by molar-refractivity contribution is 6.32. The van der Waals surface area contributed by atoms with Crippen LogP contribution in [-0.4, -0.2) is 27.6 Å². The fraction of sp³-hybridized carbons (Fsp3) is 0.343. The number of hydrogen-bond donors (Lipinski definition) is 0. The summed E-state index contributed by atoms with van der Waals surface area (Å²) < 4.78 is 44.2. The van der Waals surface area contributed by atoms with Gasteiger partial charge in [-0.15, -0.1) is 0 Å². The number of hydrogen-bond acceptors (Lipinski definition) is 5. The number of nitrogens with zero attached hydrogens (tertiary/aromatic N) is 2. The van der Waals surface area contributed by atoms with Gasteiger partial charge in [-0.1, -0.05) is 72.8 Å². The normalized spacial score (nSPS) is 14.7. The zero-order valence-corrected chi connectivity index (χ0v) is 27.0. The van der Waals surface area contributed by atoms with E-state index in [1.165, 1.54) is 24.3 Å². The zero-order chi connectivity index (χ0) is 32.5. The molecule has 1 fully saturated rings. The van der Waals surface area contributed by atoms with Crippen LogP contribution >= 0.6 is 23.2 Å². The van der Waals surface area contributed by atoms with E-state index in [-0.39, 0.29) is 38.6 Å². The van der Waals surface area contributed by atoms with E-state index < -0.39 is 29.3 Å². The summed E-state index contributed by atoms with van der Waals surface area (Å²) in [5, 5.41) is -0.346. The molecule has 0 amide bonds. The molecule has 1 heterocycles. The van der Waals surface area contributed by atoms with Crippen LogP contribution in [0, 0.1) is 18.6 Å². The number of imidazole rings is 1. The van der Waals surface area contributed by atoms with Gasteiger partial charge >= 0.3 is 5.97 Å². The average Bonchev–Trinajstić information content (AvgIpc) is 3.39. The molecule has 1 aromatic heterocycles. The molecule has 10 heteroatoms. The summed E-state index contributed by atoms with van der Waals surface area (Å²) in [6.45, 7) is 7.10. The van der Waals surface area contributed by atoms with Crippen molar-refractivity contribution in [3.05, 3.63) is 104 Å². The molecule has 3 aromatic carbocycles. The molecular formula is C35H34Cl2F2N2O4. The zero-order valence-electron chi connectivity index (χ0n) is 25.5. The third kappa shape index (κ3) is 6.77. The molecule has 1 atom stereocenters. The van der Waals surface area contributed by atoms with Gasteiger partial charge in [-0.3, -0.25) is 9.36 Å². The molecule has 45 heavy (non-hydrogen) atoms. The van der Waals surface area contributed by atoms with Crippen molar-refractivity contribution in [2.45, 2.75) is 77.4 Å². The van der Waals surface area contributed by atoms with Crippen LogP contribution in [-0.2, 0) is 14.3 Å². The summed E-state index contributed by atoms with van der Waals surface area (Å²) in [5.74, 6) is -1.93. The fourth-order valence-corrected chi connectivity index (χ4v) is 6.18. The second-order valence-electron chi connectivity index (χ2n) is 12.2. The van der Waals surface area contributed by atoms with Crippen LogP contribution in [0.4, 0.5) is 8.78 Å². The van der Waals surface area contributed by atoms with Gasteiger partial charge in [0.1, 0.15) is 22.9 Å². The van der Waals surface area contributed by atoms with Crippen molar-refractivity contribution in [2.24, 2.45) is 0 Å². The van der Waals surface area contributed by atoms with Crippen LogP contribution in [0.15, 0.2) is 54.6 Å². The highest BCUT2D eigenvalue weighted by Gasteiger charge is 2.36. The predicted molar refractivity (Wildman–Crippen MR) is 170 cm³/mol. The Kier molecular flexibility index (Phi) is 9.65. The molecule has 5 rings (SSSR count). The van der Waals surface area contributed by atoms with Crippen molar-refractivity contribution >= 4 is 35.6 Å². The molecule has 1 aliphatic rings. The largest absolute Gasteiger partial charge is 0.456 e. The maximum atomic E-state index is 16.7. The lowest BCUT2D eigenvalue weighted by Gasteiger charge is -2.26. The first-order chi connectivity index (χ1) is 21.4. The van der Waals surface area contributed by atoms with Crippen LogP contribution in [0.1, 0.15) is 97.9 Å². The molecule has 236 valence electrons. The maximum Gasteiger partial charge on any atom is 0.340 e. The number of carbonyl (C=O) groups excluding carboxylic acids is 2. The Labute approximate surface area is 271 Å². The summed E-state index contributed by atoms with van der Waals surface area (Å²) >= 11 is 12.8. The van der Waals surface area contributed by atoms with Crippen molar-refractivity contribution in [3.8, 4) is 16.9 Å². The quantitative estimate of drug-likeness (QED) is 0.140. The standard InChI is InChI=1S/C35H34Cl2F2N2O4/c1-20-17-24(34(43)45-35(2,3)4)31(28(39)27(20)37)41-30(23-15-16-26(38)25(36)18-23)29(40-33(41)22-13-9-6-10-14-22)32(44-19-42)21-11-7-5-8-12-21/h5,7-8,11-12,15-19,22,32H,6,9-10,13-14H2,1-4H3. The molecule has 0 aliphatic heterocycles. The van der Waals surface area contributed by atoms with Gasteiger partial charge in [0.05, 0.1) is 27.0 Å². The monoisotopic (exact) mass is 654 g/mol. The lowest BCUT2D eigenvalue weighted by molar-refractivity contribution is -0.132. The number of rotatable bonds is 8. The minimum atomic E-state index is -1.03. The van der Waals surface area contributed by atoms with Crippen molar-refractivity contribution < 1.29 is 27.8 Å². The molecule has 4 aromatic rings. The first-order valence-electron chi connectivity index (χ1n) is 14.9. The number of benzene rings is 3. The van der Waals surface area contributed by atoms with Gasteiger partial charge < -0.3 is 9.47 Å². The molecule has 0 bridgehead atoms. The molecular weight excluding hydrogens is 621 g/mol. The van der Waals surface area contributed by atoms with E-state index in [0.717, 1.165) is 32.1 Å². The molecule has 1 aliphatic carbocycles. The topological polar surface area (TPSA) is 70.4 Å². The van der Waals surface area contributed by atoms with E-state index in [1.54, 1.807) is 56.5 Å². The Bertz CT molecular complexity index is 1730. The number of aryl methyl sites for hydroxylation is 1. The van der Waals surface area contributed by atoms with Gasteiger partial charge in [0, 0.05) is 11.5 Å². The van der Waals surface area contributed by atoms with E-state index in [4.69, 9.17) is 37.7 Å². The summed E-state index contributed by atoms with van der Waals surface area (Å²) in [6.07, 6.45) is 3.38. The highest BCUT2D eigenvalue weighted by atomic mass is 35.5. The number of halogens is 4. The van der Waals surface area contributed by atoms with E-state index in [0.29, 0.717) is 29.0 Å². The smallest absolute Gasteiger partial charge is 0.340 e. The van der Waals surface area contributed by atoms with E-state index in [9.17, 15) is 14.0 Å². The molecule has 1 saturated carbocycles. The minimum absolute atomic E-state index is 0.0626. The number of carbonyl (C=O) groups is 2.